The number of anilines is 1. The molecule has 0 bridgehead atoms. The number of benzene rings is 2. The van der Waals surface area contributed by atoms with Gasteiger partial charge >= 0.3 is 0 Å². The number of hydrogen-bond donors (Lipinski definition) is 0. The van der Waals surface area contributed by atoms with E-state index in [1.54, 1.807) is 11.0 Å². The summed E-state index contributed by atoms with van der Waals surface area (Å²) in [5, 5.41) is 0.467. The fourth-order valence-corrected chi connectivity index (χ4v) is 5.76. The van der Waals surface area contributed by atoms with E-state index in [4.69, 9.17) is 0 Å². The maximum Gasteiger partial charge on any atom is 0.228 e. The lowest BCUT2D eigenvalue weighted by atomic mass is 10.3. The number of carbonyl (C=O) groups is 1. The first-order valence-electron chi connectivity index (χ1n) is 10.8. The molecule has 6 nitrogen and oxygen atoms in total. The van der Waals surface area contributed by atoms with Gasteiger partial charge in [0.1, 0.15) is 11.6 Å². The predicted molar refractivity (Wildman–Crippen MR) is 127 cm³/mol. The van der Waals surface area contributed by atoms with E-state index in [0.29, 0.717) is 28.4 Å². The van der Waals surface area contributed by atoms with Gasteiger partial charge in [-0.1, -0.05) is 25.2 Å². The lowest BCUT2D eigenvalue weighted by molar-refractivity contribution is -0.118. The number of amides is 1. The standard InChI is InChI=1S/C23H27F2N3O3S2/c1-3-27(4-2)13-14-28(23-26-20-12-9-18(25)16-21(20)32-23)22(29)6-5-15-33(30,31)19-10-7-17(24)8-11-19/h7-12,16H,3-6,13-15H2,1-2H3. The molecule has 0 radical (unpaired) electrons. The summed E-state index contributed by atoms with van der Waals surface area (Å²) < 4.78 is 52.4. The third-order valence-electron chi connectivity index (χ3n) is 5.38. The molecule has 0 N–H and O–H groups in total. The molecule has 1 heterocycles. The summed E-state index contributed by atoms with van der Waals surface area (Å²) in [6.45, 7) is 6.77. The van der Waals surface area contributed by atoms with Crippen molar-refractivity contribution in [2.75, 3.05) is 36.8 Å². The summed E-state index contributed by atoms with van der Waals surface area (Å²) >= 11 is 1.23. The van der Waals surface area contributed by atoms with E-state index in [0.717, 1.165) is 25.2 Å². The van der Waals surface area contributed by atoms with Gasteiger partial charge in [0.25, 0.3) is 0 Å². The molecule has 0 aliphatic carbocycles. The number of nitrogens with zero attached hydrogens (tertiary/aromatic N) is 3. The van der Waals surface area contributed by atoms with Crippen LogP contribution in [0.3, 0.4) is 0 Å². The van der Waals surface area contributed by atoms with E-state index in [1.807, 2.05) is 13.8 Å². The summed E-state index contributed by atoms with van der Waals surface area (Å²) in [4.78, 5) is 21.4. The highest BCUT2D eigenvalue weighted by Crippen LogP contribution is 2.30. The molecule has 0 unspecified atom stereocenters. The summed E-state index contributed by atoms with van der Waals surface area (Å²) in [6, 6.07) is 8.94. The van der Waals surface area contributed by atoms with E-state index in [2.05, 4.69) is 9.88 Å². The number of sulfone groups is 1. The second-order valence-corrected chi connectivity index (χ2v) is 10.7. The van der Waals surface area contributed by atoms with Crippen LogP contribution in [-0.2, 0) is 14.6 Å². The lowest BCUT2D eigenvalue weighted by Gasteiger charge is -2.24. The highest BCUT2D eigenvalue weighted by atomic mass is 32.2. The second-order valence-electron chi connectivity index (χ2n) is 7.56. The molecule has 0 spiro atoms. The quantitative estimate of drug-likeness (QED) is 0.366. The SMILES string of the molecule is CCN(CC)CCN(C(=O)CCCS(=O)(=O)c1ccc(F)cc1)c1nc2ccc(F)cc2s1. The molecular weight excluding hydrogens is 468 g/mol. The average molecular weight is 496 g/mol. The minimum atomic E-state index is -3.62. The van der Waals surface area contributed by atoms with Crippen molar-refractivity contribution >= 4 is 42.4 Å². The van der Waals surface area contributed by atoms with Gasteiger partial charge < -0.3 is 4.90 Å². The number of likely N-dealkylation sites (N-methyl/N-ethyl adjacent to an activating group) is 1. The molecule has 10 heteroatoms. The van der Waals surface area contributed by atoms with Crippen molar-refractivity contribution in [3.63, 3.8) is 0 Å². The number of thiazole rings is 1. The fourth-order valence-electron chi connectivity index (χ4n) is 3.42. The summed E-state index contributed by atoms with van der Waals surface area (Å²) in [5.41, 5.74) is 0.607. The summed E-state index contributed by atoms with van der Waals surface area (Å²) in [7, 11) is -3.62. The zero-order chi connectivity index (χ0) is 24.0. The van der Waals surface area contributed by atoms with Gasteiger partial charge in [-0.3, -0.25) is 9.69 Å². The zero-order valence-electron chi connectivity index (χ0n) is 18.6. The van der Waals surface area contributed by atoms with E-state index in [-0.39, 0.29) is 35.2 Å². The van der Waals surface area contributed by atoms with Crippen LogP contribution in [-0.4, -0.2) is 56.1 Å². The number of rotatable bonds is 11. The minimum Gasteiger partial charge on any atom is -0.302 e. The molecule has 0 saturated carbocycles. The van der Waals surface area contributed by atoms with Gasteiger partial charge in [0.15, 0.2) is 15.0 Å². The Morgan fingerprint density at radius 3 is 2.33 bits per heavy atom. The highest BCUT2D eigenvalue weighted by molar-refractivity contribution is 7.91. The Kier molecular flexibility index (Phi) is 8.50. The normalized spacial score (nSPS) is 11.9. The van der Waals surface area contributed by atoms with E-state index < -0.39 is 15.7 Å². The van der Waals surface area contributed by atoms with Gasteiger partial charge in [-0.15, -0.1) is 0 Å². The van der Waals surface area contributed by atoms with Crippen LogP contribution in [0.1, 0.15) is 26.7 Å². The average Bonchev–Trinajstić information content (AvgIpc) is 3.19. The van der Waals surface area contributed by atoms with Gasteiger partial charge in [0, 0.05) is 19.5 Å². The molecule has 0 atom stereocenters. The molecule has 3 aromatic rings. The maximum absolute atomic E-state index is 13.6. The number of halogens is 2. The summed E-state index contributed by atoms with van der Waals surface area (Å²) in [6.07, 6.45) is 0.142. The largest absolute Gasteiger partial charge is 0.302 e. The van der Waals surface area contributed by atoms with Crippen LogP contribution < -0.4 is 4.90 Å². The Labute approximate surface area is 196 Å². The molecule has 33 heavy (non-hydrogen) atoms. The molecular formula is C23H27F2N3O3S2. The van der Waals surface area contributed by atoms with Gasteiger partial charge in [-0.25, -0.2) is 22.2 Å². The Bertz CT molecular complexity index is 1190. The van der Waals surface area contributed by atoms with Crippen molar-refractivity contribution in [3.05, 3.63) is 54.1 Å². The van der Waals surface area contributed by atoms with Crippen molar-refractivity contribution < 1.29 is 22.0 Å². The molecule has 3 rings (SSSR count). The topological polar surface area (TPSA) is 70.6 Å². The first-order valence-corrected chi connectivity index (χ1v) is 13.3. The molecule has 0 fully saturated rings. The number of aromatic nitrogens is 1. The van der Waals surface area contributed by atoms with Crippen LogP contribution in [0.4, 0.5) is 13.9 Å². The Balaban J connectivity index is 1.73. The maximum atomic E-state index is 13.6. The van der Waals surface area contributed by atoms with Crippen molar-refractivity contribution in [1.29, 1.82) is 0 Å². The molecule has 0 aliphatic heterocycles. The highest BCUT2D eigenvalue weighted by Gasteiger charge is 2.22. The number of fused-ring (bicyclic) bond motifs is 1. The molecule has 0 saturated heterocycles. The van der Waals surface area contributed by atoms with Crippen molar-refractivity contribution in [2.45, 2.75) is 31.6 Å². The van der Waals surface area contributed by atoms with Crippen molar-refractivity contribution in [3.8, 4) is 0 Å². The number of hydrogen-bond acceptors (Lipinski definition) is 6. The Hall–Kier alpha value is -2.43. The first-order chi connectivity index (χ1) is 15.7. The molecule has 1 aromatic heterocycles. The van der Waals surface area contributed by atoms with E-state index in [1.165, 1.54) is 35.6 Å². The van der Waals surface area contributed by atoms with Gasteiger partial charge in [-0.2, -0.15) is 0 Å². The third-order valence-corrected chi connectivity index (χ3v) is 8.24. The van der Waals surface area contributed by atoms with E-state index in [9.17, 15) is 22.0 Å². The molecule has 2 aromatic carbocycles. The molecule has 0 aliphatic rings. The third kappa shape index (κ3) is 6.55. The van der Waals surface area contributed by atoms with Crippen LogP contribution >= 0.6 is 11.3 Å². The number of carbonyl (C=O) groups excluding carboxylic acids is 1. The Morgan fingerprint density at radius 1 is 1.00 bits per heavy atom. The Morgan fingerprint density at radius 2 is 1.67 bits per heavy atom. The van der Waals surface area contributed by atoms with Crippen LogP contribution in [0, 0.1) is 11.6 Å². The van der Waals surface area contributed by atoms with Crippen LogP contribution in [0.5, 0.6) is 0 Å². The van der Waals surface area contributed by atoms with Crippen LogP contribution in [0.15, 0.2) is 47.4 Å². The first kappa shape index (κ1) is 25.2. The van der Waals surface area contributed by atoms with Crippen LogP contribution in [0.2, 0.25) is 0 Å². The molecule has 1 amide bonds. The monoisotopic (exact) mass is 495 g/mol. The predicted octanol–water partition coefficient (Wildman–Crippen LogP) is 4.50. The van der Waals surface area contributed by atoms with Crippen LogP contribution in [0.25, 0.3) is 10.2 Å². The lowest BCUT2D eigenvalue weighted by Crippen LogP contribution is -2.38. The smallest absolute Gasteiger partial charge is 0.228 e. The van der Waals surface area contributed by atoms with Gasteiger partial charge in [0.05, 0.1) is 20.9 Å². The van der Waals surface area contributed by atoms with Crippen molar-refractivity contribution in [2.24, 2.45) is 0 Å². The summed E-state index contributed by atoms with van der Waals surface area (Å²) in [5.74, 6) is -1.34. The zero-order valence-corrected chi connectivity index (χ0v) is 20.3. The van der Waals surface area contributed by atoms with Gasteiger partial charge in [0.2, 0.25) is 5.91 Å². The molecule has 178 valence electrons. The van der Waals surface area contributed by atoms with Crippen molar-refractivity contribution in [1.82, 2.24) is 9.88 Å². The van der Waals surface area contributed by atoms with E-state index >= 15 is 0 Å². The minimum absolute atomic E-state index is 0.0168. The fraction of sp³-hybridized carbons (Fsp3) is 0.391. The second kappa shape index (κ2) is 11.1. The van der Waals surface area contributed by atoms with Gasteiger partial charge in [-0.05, 0) is 62.0 Å².